The maximum absolute atomic E-state index is 5.96. The van der Waals surface area contributed by atoms with Crippen LogP contribution in [0.15, 0.2) is 24.3 Å². The third kappa shape index (κ3) is 1.85. The van der Waals surface area contributed by atoms with Gasteiger partial charge >= 0.3 is 0 Å². The number of nitrogens with two attached hydrogens (primary N) is 1. The molecule has 0 bridgehead atoms. The summed E-state index contributed by atoms with van der Waals surface area (Å²) in [5.41, 5.74) is 8.42. The van der Waals surface area contributed by atoms with Gasteiger partial charge in [-0.15, -0.1) is 12.4 Å². The van der Waals surface area contributed by atoms with Crippen molar-refractivity contribution in [3.05, 3.63) is 35.4 Å². The monoisotopic (exact) mass is 199 g/mol. The van der Waals surface area contributed by atoms with Crippen LogP contribution < -0.4 is 5.73 Å². The molecule has 0 spiro atoms. The maximum Gasteiger partial charge on any atom is 0.0744 e. The number of halogens is 1. The molecule has 0 radical (unpaired) electrons. The minimum Gasteiger partial charge on any atom is -0.372 e. The Bertz CT molecular complexity index is 290. The van der Waals surface area contributed by atoms with E-state index in [1.165, 1.54) is 11.1 Å². The Kier molecular flexibility index (Phi) is 3.31. The van der Waals surface area contributed by atoms with Crippen LogP contribution >= 0.6 is 12.4 Å². The average Bonchev–Trinajstić information content (AvgIpc) is 2.12. The highest BCUT2D eigenvalue weighted by Gasteiger charge is 2.22. The fourth-order valence-electron chi connectivity index (χ4n) is 1.57. The van der Waals surface area contributed by atoms with Gasteiger partial charge in [0.15, 0.2) is 0 Å². The van der Waals surface area contributed by atoms with Gasteiger partial charge in [0.2, 0.25) is 0 Å². The molecule has 1 aliphatic heterocycles. The van der Waals surface area contributed by atoms with Crippen LogP contribution in [0.2, 0.25) is 0 Å². The van der Waals surface area contributed by atoms with E-state index < -0.39 is 0 Å². The third-order valence-electron chi connectivity index (χ3n) is 2.42. The average molecular weight is 200 g/mol. The van der Waals surface area contributed by atoms with Gasteiger partial charge in [-0.3, -0.25) is 0 Å². The molecule has 0 fully saturated rings. The van der Waals surface area contributed by atoms with Crippen molar-refractivity contribution in [3.63, 3.8) is 0 Å². The van der Waals surface area contributed by atoms with Crippen molar-refractivity contribution in [3.8, 4) is 0 Å². The lowest BCUT2D eigenvalue weighted by Gasteiger charge is -2.28. The molecule has 0 aliphatic carbocycles. The zero-order valence-electron chi connectivity index (χ0n) is 7.57. The lowest BCUT2D eigenvalue weighted by Crippen LogP contribution is -2.31. The van der Waals surface area contributed by atoms with E-state index in [1.807, 2.05) is 19.1 Å². The van der Waals surface area contributed by atoms with E-state index in [0.29, 0.717) is 6.61 Å². The summed E-state index contributed by atoms with van der Waals surface area (Å²) in [7, 11) is 0. The number of benzene rings is 1. The van der Waals surface area contributed by atoms with Gasteiger partial charge in [0.1, 0.15) is 0 Å². The van der Waals surface area contributed by atoms with Crippen LogP contribution in [0.5, 0.6) is 0 Å². The maximum atomic E-state index is 5.96. The largest absolute Gasteiger partial charge is 0.372 e. The van der Waals surface area contributed by atoms with Crippen LogP contribution in [0.25, 0.3) is 0 Å². The van der Waals surface area contributed by atoms with E-state index in [1.54, 1.807) is 0 Å². The van der Waals surface area contributed by atoms with Crippen molar-refractivity contribution >= 4 is 12.4 Å². The second-order valence-corrected chi connectivity index (χ2v) is 3.24. The van der Waals surface area contributed by atoms with E-state index in [9.17, 15) is 0 Å². The van der Waals surface area contributed by atoms with Crippen molar-refractivity contribution in [2.24, 2.45) is 5.73 Å². The van der Waals surface area contributed by atoms with Gasteiger partial charge in [-0.2, -0.15) is 0 Å². The van der Waals surface area contributed by atoms with Crippen LogP contribution in [0.4, 0.5) is 0 Å². The molecule has 13 heavy (non-hydrogen) atoms. The summed E-state index contributed by atoms with van der Waals surface area (Å²) in [5, 5.41) is 0. The minimum absolute atomic E-state index is 0. The minimum atomic E-state index is 0. The van der Waals surface area contributed by atoms with E-state index >= 15 is 0 Å². The Labute approximate surface area is 84.5 Å². The summed E-state index contributed by atoms with van der Waals surface area (Å²) >= 11 is 0. The Hall–Kier alpha value is -0.570. The predicted octanol–water partition coefficient (Wildman–Crippen LogP) is 2.03. The molecule has 0 amide bonds. The quantitative estimate of drug-likeness (QED) is 0.694. The first kappa shape index (κ1) is 10.5. The number of hydrogen-bond donors (Lipinski definition) is 1. The zero-order chi connectivity index (χ0) is 8.55. The second-order valence-electron chi connectivity index (χ2n) is 3.24. The topological polar surface area (TPSA) is 35.2 Å². The molecule has 2 rings (SSSR count). The summed E-state index contributed by atoms with van der Waals surface area (Å²) in [6.45, 7) is 2.71. The summed E-state index contributed by atoms with van der Waals surface area (Å²) in [5.74, 6) is 0. The fourth-order valence-corrected chi connectivity index (χ4v) is 1.57. The van der Waals surface area contributed by atoms with Gasteiger partial charge in [0.05, 0.1) is 18.8 Å². The third-order valence-corrected chi connectivity index (χ3v) is 2.42. The molecule has 2 atom stereocenters. The van der Waals surface area contributed by atoms with Crippen molar-refractivity contribution in [1.82, 2.24) is 0 Å². The van der Waals surface area contributed by atoms with Crippen molar-refractivity contribution < 1.29 is 4.74 Å². The number of ether oxygens (including phenoxy) is 1. The van der Waals surface area contributed by atoms with Crippen LogP contribution in [-0.2, 0) is 11.3 Å². The number of fused-ring (bicyclic) bond motifs is 1. The molecule has 2 N–H and O–H groups in total. The number of hydrogen-bond acceptors (Lipinski definition) is 2. The van der Waals surface area contributed by atoms with Gasteiger partial charge in [-0.1, -0.05) is 24.3 Å². The molecule has 0 saturated heterocycles. The highest BCUT2D eigenvalue weighted by Crippen LogP contribution is 2.26. The summed E-state index contributed by atoms with van der Waals surface area (Å²) in [4.78, 5) is 0. The predicted molar refractivity (Wildman–Crippen MR) is 54.9 cm³/mol. The Morgan fingerprint density at radius 3 is 2.85 bits per heavy atom. The van der Waals surface area contributed by atoms with Gasteiger partial charge in [0, 0.05) is 0 Å². The lowest BCUT2D eigenvalue weighted by atomic mass is 9.95. The molecule has 3 heteroatoms. The van der Waals surface area contributed by atoms with Gasteiger partial charge in [-0.25, -0.2) is 0 Å². The number of rotatable bonds is 0. The molecular weight excluding hydrogens is 186 g/mol. The molecule has 72 valence electrons. The molecule has 0 unspecified atom stereocenters. The van der Waals surface area contributed by atoms with E-state index in [-0.39, 0.29) is 24.6 Å². The zero-order valence-corrected chi connectivity index (χ0v) is 8.38. The first-order valence-electron chi connectivity index (χ1n) is 4.24. The van der Waals surface area contributed by atoms with E-state index in [2.05, 4.69) is 12.1 Å². The van der Waals surface area contributed by atoms with Crippen LogP contribution in [0, 0.1) is 0 Å². The van der Waals surface area contributed by atoms with Gasteiger partial charge < -0.3 is 10.5 Å². The summed E-state index contributed by atoms with van der Waals surface area (Å²) in [6, 6.07) is 8.23. The smallest absolute Gasteiger partial charge is 0.0744 e. The molecule has 2 nitrogen and oxygen atoms in total. The SMILES string of the molecule is C[C@H]1OCc2ccccc2[C@@H]1N.Cl. The highest BCUT2D eigenvalue weighted by atomic mass is 35.5. The van der Waals surface area contributed by atoms with Crippen LogP contribution in [0.3, 0.4) is 0 Å². The highest BCUT2D eigenvalue weighted by molar-refractivity contribution is 5.85. The lowest BCUT2D eigenvalue weighted by molar-refractivity contribution is 0.0214. The second kappa shape index (κ2) is 4.09. The van der Waals surface area contributed by atoms with Crippen molar-refractivity contribution in [1.29, 1.82) is 0 Å². The molecule has 1 aromatic carbocycles. The van der Waals surface area contributed by atoms with Crippen LogP contribution in [0.1, 0.15) is 24.1 Å². The molecule has 0 aromatic heterocycles. The summed E-state index contributed by atoms with van der Waals surface area (Å²) in [6.07, 6.45) is 0.139. The Balaban J connectivity index is 0.000000845. The van der Waals surface area contributed by atoms with E-state index in [4.69, 9.17) is 10.5 Å². The first-order valence-corrected chi connectivity index (χ1v) is 4.24. The van der Waals surface area contributed by atoms with Crippen molar-refractivity contribution in [2.75, 3.05) is 0 Å². The van der Waals surface area contributed by atoms with E-state index in [0.717, 1.165) is 0 Å². The Morgan fingerprint density at radius 2 is 2.08 bits per heavy atom. The van der Waals surface area contributed by atoms with Gasteiger partial charge in [0.25, 0.3) is 0 Å². The Morgan fingerprint density at radius 1 is 1.38 bits per heavy atom. The van der Waals surface area contributed by atoms with Crippen LogP contribution in [-0.4, -0.2) is 6.10 Å². The molecule has 1 heterocycles. The molecule has 1 aliphatic rings. The fraction of sp³-hybridized carbons (Fsp3) is 0.400. The molecule has 0 saturated carbocycles. The van der Waals surface area contributed by atoms with Crippen molar-refractivity contribution in [2.45, 2.75) is 25.7 Å². The standard InChI is InChI=1S/C10H13NO.ClH/c1-7-10(11)9-5-3-2-4-8(9)6-12-7;/h2-5,7,10H,6,11H2,1H3;1H/t7-,10-;/m1./s1. The van der Waals surface area contributed by atoms with Gasteiger partial charge in [-0.05, 0) is 18.1 Å². The first-order chi connectivity index (χ1) is 5.79. The molecular formula is C10H14ClNO. The molecule has 1 aromatic rings. The summed E-state index contributed by atoms with van der Waals surface area (Å²) < 4.78 is 5.49. The normalized spacial score (nSPS) is 26.0.